The Labute approximate surface area is 126 Å². The predicted octanol–water partition coefficient (Wildman–Crippen LogP) is 3.72. The molecule has 2 aromatic rings. The van der Waals surface area contributed by atoms with Crippen LogP contribution in [-0.2, 0) is 13.0 Å². The second kappa shape index (κ2) is 6.52. The first-order valence-corrected chi connectivity index (χ1v) is 7.10. The van der Waals surface area contributed by atoms with Gasteiger partial charge in [-0.1, -0.05) is 28.9 Å². The van der Waals surface area contributed by atoms with Crippen LogP contribution in [0.1, 0.15) is 28.5 Å². The average Bonchev–Trinajstić information content (AvgIpc) is 2.45. The zero-order valence-electron chi connectivity index (χ0n) is 11.1. The molecule has 0 amide bonds. The number of anilines is 1. The third-order valence-corrected chi connectivity index (χ3v) is 3.52. The maximum absolute atomic E-state index is 11.2. The Morgan fingerprint density at radius 3 is 2.90 bits per heavy atom. The smallest absolute Gasteiger partial charge is 0.337 e. The zero-order valence-corrected chi connectivity index (χ0v) is 12.6. The number of aryl methyl sites for hydroxylation is 1. The quantitative estimate of drug-likeness (QED) is 0.874. The molecule has 20 heavy (non-hydrogen) atoms. The van der Waals surface area contributed by atoms with Crippen molar-refractivity contribution in [1.29, 1.82) is 0 Å². The Morgan fingerprint density at radius 1 is 1.40 bits per heavy atom. The number of hydrogen-bond acceptors (Lipinski definition) is 3. The molecule has 0 saturated heterocycles. The van der Waals surface area contributed by atoms with E-state index >= 15 is 0 Å². The molecule has 0 unspecified atom stereocenters. The fourth-order valence-corrected chi connectivity index (χ4v) is 2.34. The average molecular weight is 335 g/mol. The van der Waals surface area contributed by atoms with Gasteiger partial charge in [-0.15, -0.1) is 0 Å². The minimum Gasteiger partial charge on any atom is -0.478 e. The van der Waals surface area contributed by atoms with Crippen LogP contribution >= 0.6 is 15.9 Å². The van der Waals surface area contributed by atoms with E-state index in [1.807, 2.05) is 12.1 Å². The van der Waals surface area contributed by atoms with Crippen molar-refractivity contribution in [1.82, 2.24) is 4.98 Å². The van der Waals surface area contributed by atoms with E-state index in [1.165, 1.54) is 0 Å². The van der Waals surface area contributed by atoms with Crippen molar-refractivity contribution < 1.29 is 9.90 Å². The standard InChI is InChI=1S/C15H15BrN2O2/c1-2-10-4-3-7-17-14(10)9-18-13-8-11(16)5-6-12(13)15(19)20/h3-8,18H,2,9H2,1H3,(H,19,20). The summed E-state index contributed by atoms with van der Waals surface area (Å²) < 4.78 is 0.835. The number of carbonyl (C=O) groups is 1. The molecule has 0 bridgehead atoms. The van der Waals surface area contributed by atoms with E-state index in [4.69, 9.17) is 0 Å². The van der Waals surface area contributed by atoms with Crippen LogP contribution in [0.25, 0.3) is 0 Å². The van der Waals surface area contributed by atoms with E-state index in [0.29, 0.717) is 12.2 Å². The predicted molar refractivity (Wildman–Crippen MR) is 82.0 cm³/mol. The highest BCUT2D eigenvalue weighted by molar-refractivity contribution is 9.10. The van der Waals surface area contributed by atoms with E-state index in [9.17, 15) is 9.90 Å². The highest BCUT2D eigenvalue weighted by Gasteiger charge is 2.11. The number of rotatable bonds is 5. The Morgan fingerprint density at radius 2 is 2.20 bits per heavy atom. The molecule has 2 N–H and O–H groups in total. The third kappa shape index (κ3) is 3.36. The summed E-state index contributed by atoms with van der Waals surface area (Å²) in [6.45, 7) is 2.57. The van der Waals surface area contributed by atoms with Crippen LogP contribution in [0.4, 0.5) is 5.69 Å². The fraction of sp³-hybridized carbons (Fsp3) is 0.200. The van der Waals surface area contributed by atoms with Gasteiger partial charge in [-0.05, 0) is 36.2 Å². The molecule has 0 atom stereocenters. The van der Waals surface area contributed by atoms with Gasteiger partial charge < -0.3 is 10.4 Å². The normalized spacial score (nSPS) is 10.3. The summed E-state index contributed by atoms with van der Waals surface area (Å²) in [4.78, 5) is 15.5. The van der Waals surface area contributed by atoms with Gasteiger partial charge in [0, 0.05) is 10.7 Å². The van der Waals surface area contributed by atoms with E-state index < -0.39 is 5.97 Å². The van der Waals surface area contributed by atoms with Gasteiger partial charge in [-0.25, -0.2) is 4.79 Å². The largest absolute Gasteiger partial charge is 0.478 e. The number of hydrogen-bond donors (Lipinski definition) is 2. The van der Waals surface area contributed by atoms with Crippen molar-refractivity contribution >= 4 is 27.6 Å². The number of benzene rings is 1. The van der Waals surface area contributed by atoms with E-state index in [2.05, 4.69) is 33.2 Å². The molecular weight excluding hydrogens is 320 g/mol. The van der Waals surface area contributed by atoms with Crippen molar-refractivity contribution in [3.8, 4) is 0 Å². The molecule has 0 radical (unpaired) electrons. The molecule has 2 rings (SSSR count). The Bertz CT molecular complexity index is 629. The lowest BCUT2D eigenvalue weighted by Gasteiger charge is -2.12. The van der Waals surface area contributed by atoms with Gasteiger partial charge >= 0.3 is 5.97 Å². The molecule has 0 spiro atoms. The molecular formula is C15H15BrN2O2. The van der Waals surface area contributed by atoms with Gasteiger partial charge in [0.05, 0.1) is 23.5 Å². The molecule has 0 aliphatic rings. The lowest BCUT2D eigenvalue weighted by molar-refractivity contribution is 0.0698. The molecule has 4 nitrogen and oxygen atoms in total. The maximum atomic E-state index is 11.2. The summed E-state index contributed by atoms with van der Waals surface area (Å²) in [7, 11) is 0. The van der Waals surface area contributed by atoms with Crippen LogP contribution in [0.2, 0.25) is 0 Å². The van der Waals surface area contributed by atoms with Crippen molar-refractivity contribution in [2.24, 2.45) is 0 Å². The van der Waals surface area contributed by atoms with Crippen molar-refractivity contribution in [2.75, 3.05) is 5.32 Å². The molecule has 0 saturated carbocycles. The molecule has 0 aliphatic carbocycles. The number of aromatic nitrogens is 1. The van der Waals surface area contributed by atoms with Crippen LogP contribution in [0.3, 0.4) is 0 Å². The number of carboxylic acid groups (broad SMARTS) is 1. The van der Waals surface area contributed by atoms with E-state index in [-0.39, 0.29) is 5.56 Å². The van der Waals surface area contributed by atoms with E-state index in [0.717, 1.165) is 22.2 Å². The molecule has 1 aromatic carbocycles. The Kier molecular flexibility index (Phi) is 4.74. The lowest BCUT2D eigenvalue weighted by atomic mass is 10.1. The second-order valence-corrected chi connectivity index (χ2v) is 5.23. The Hall–Kier alpha value is -1.88. The number of pyridine rings is 1. The molecule has 104 valence electrons. The third-order valence-electron chi connectivity index (χ3n) is 3.02. The molecule has 1 aromatic heterocycles. The summed E-state index contributed by atoms with van der Waals surface area (Å²) in [5, 5.41) is 12.3. The van der Waals surface area contributed by atoms with Gasteiger partial charge in [0.25, 0.3) is 0 Å². The lowest BCUT2D eigenvalue weighted by Crippen LogP contribution is -2.09. The second-order valence-electron chi connectivity index (χ2n) is 4.31. The highest BCUT2D eigenvalue weighted by atomic mass is 79.9. The van der Waals surface area contributed by atoms with Crippen molar-refractivity contribution in [3.05, 3.63) is 57.8 Å². The summed E-state index contributed by atoms with van der Waals surface area (Å²) in [5.41, 5.74) is 2.93. The summed E-state index contributed by atoms with van der Waals surface area (Å²) in [5.74, 6) is -0.947. The molecule has 0 aliphatic heterocycles. The van der Waals surface area contributed by atoms with Gasteiger partial charge in [-0.2, -0.15) is 0 Å². The highest BCUT2D eigenvalue weighted by Crippen LogP contribution is 2.22. The number of nitrogens with one attached hydrogen (secondary N) is 1. The van der Waals surface area contributed by atoms with Crippen molar-refractivity contribution in [3.63, 3.8) is 0 Å². The van der Waals surface area contributed by atoms with Crippen LogP contribution in [0.5, 0.6) is 0 Å². The summed E-state index contributed by atoms with van der Waals surface area (Å²) in [6.07, 6.45) is 2.64. The monoisotopic (exact) mass is 334 g/mol. The maximum Gasteiger partial charge on any atom is 0.337 e. The Balaban J connectivity index is 2.22. The van der Waals surface area contributed by atoms with Gasteiger partial charge in [0.2, 0.25) is 0 Å². The number of nitrogens with zero attached hydrogens (tertiary/aromatic N) is 1. The minimum absolute atomic E-state index is 0.252. The first-order chi connectivity index (χ1) is 9.61. The van der Waals surface area contributed by atoms with Crippen molar-refractivity contribution in [2.45, 2.75) is 19.9 Å². The number of carboxylic acids is 1. The SMILES string of the molecule is CCc1cccnc1CNc1cc(Br)ccc1C(=O)O. The number of aromatic carboxylic acids is 1. The molecule has 0 fully saturated rings. The zero-order chi connectivity index (χ0) is 14.5. The molecule has 5 heteroatoms. The van der Waals surface area contributed by atoms with Crippen LogP contribution in [0, 0.1) is 0 Å². The van der Waals surface area contributed by atoms with Crippen LogP contribution in [-0.4, -0.2) is 16.1 Å². The van der Waals surface area contributed by atoms with Crippen LogP contribution in [0.15, 0.2) is 41.0 Å². The van der Waals surface area contributed by atoms with Gasteiger partial charge in [0.15, 0.2) is 0 Å². The fourth-order valence-electron chi connectivity index (χ4n) is 1.98. The van der Waals surface area contributed by atoms with Gasteiger partial charge in [0.1, 0.15) is 0 Å². The number of halogens is 1. The molecule has 1 heterocycles. The minimum atomic E-state index is -0.947. The summed E-state index contributed by atoms with van der Waals surface area (Å²) >= 11 is 3.35. The first-order valence-electron chi connectivity index (χ1n) is 6.31. The van der Waals surface area contributed by atoms with Crippen LogP contribution < -0.4 is 5.32 Å². The first kappa shape index (κ1) is 14.5. The summed E-state index contributed by atoms with van der Waals surface area (Å²) in [6, 6.07) is 8.99. The van der Waals surface area contributed by atoms with E-state index in [1.54, 1.807) is 24.4 Å². The van der Waals surface area contributed by atoms with Gasteiger partial charge in [-0.3, -0.25) is 4.98 Å². The topological polar surface area (TPSA) is 62.2 Å².